The summed E-state index contributed by atoms with van der Waals surface area (Å²) >= 11 is 1.49. The molecule has 6 heteroatoms. The van der Waals surface area contributed by atoms with Gasteiger partial charge in [0.1, 0.15) is 5.69 Å². The van der Waals surface area contributed by atoms with Gasteiger partial charge in [0.2, 0.25) is 0 Å². The van der Waals surface area contributed by atoms with E-state index in [1.807, 2.05) is 6.92 Å². The first-order valence-electron chi connectivity index (χ1n) is 6.43. The topological polar surface area (TPSA) is 76.5 Å². The van der Waals surface area contributed by atoms with Crippen LogP contribution in [0.5, 0.6) is 0 Å². The molecule has 0 saturated carbocycles. The summed E-state index contributed by atoms with van der Waals surface area (Å²) < 4.78 is 4.75. The maximum absolute atomic E-state index is 12.2. The number of nitrogens with zero attached hydrogens (tertiary/aromatic N) is 1. The predicted octanol–water partition coefficient (Wildman–Crippen LogP) is 2.08. The maximum Gasteiger partial charge on any atom is 0.338 e. The Morgan fingerprint density at radius 3 is 2.75 bits per heavy atom. The number of ether oxygens (including phenoxy) is 1. The van der Waals surface area contributed by atoms with Gasteiger partial charge in [-0.2, -0.15) is 0 Å². The monoisotopic (exact) mass is 297 g/mol. The fraction of sp³-hybridized carbons (Fsp3) is 0.500. The highest BCUT2D eigenvalue weighted by Gasteiger charge is 2.35. The molecule has 0 spiro atoms. The molecule has 1 unspecified atom stereocenters. The van der Waals surface area contributed by atoms with Crippen LogP contribution in [0.25, 0.3) is 0 Å². The number of hydrogen-bond donors (Lipinski definition) is 1. The van der Waals surface area contributed by atoms with E-state index < -0.39 is 11.6 Å². The quantitative estimate of drug-likeness (QED) is 0.472. The van der Waals surface area contributed by atoms with Crippen molar-refractivity contribution in [2.45, 2.75) is 37.7 Å². The van der Waals surface area contributed by atoms with Crippen molar-refractivity contribution in [3.05, 3.63) is 24.0 Å². The smallest absolute Gasteiger partial charge is 0.338 e. The summed E-state index contributed by atoms with van der Waals surface area (Å²) in [5, 5.41) is 10.0. The van der Waals surface area contributed by atoms with Crippen LogP contribution in [0, 0.1) is 0 Å². The van der Waals surface area contributed by atoms with Crippen molar-refractivity contribution in [1.82, 2.24) is 4.98 Å². The number of thioether (sulfide) groups is 1. The number of pyridine rings is 1. The second-order valence-electron chi connectivity index (χ2n) is 4.38. The van der Waals surface area contributed by atoms with Crippen molar-refractivity contribution in [2.24, 2.45) is 0 Å². The molecule has 0 aliphatic carbocycles. The Kier molecular flexibility index (Phi) is 6.16. The van der Waals surface area contributed by atoms with Crippen LogP contribution in [0.15, 0.2) is 23.2 Å². The zero-order valence-corrected chi connectivity index (χ0v) is 12.7. The third-order valence-corrected chi connectivity index (χ3v) is 3.48. The fourth-order valence-electron chi connectivity index (χ4n) is 1.63. The van der Waals surface area contributed by atoms with Crippen molar-refractivity contribution in [3.63, 3.8) is 0 Å². The first-order chi connectivity index (χ1) is 9.42. The second-order valence-corrected chi connectivity index (χ2v) is 5.68. The summed E-state index contributed by atoms with van der Waals surface area (Å²) in [6, 6.07) is 3.55. The first-order valence-corrected chi connectivity index (χ1v) is 7.41. The average Bonchev–Trinajstić information content (AvgIpc) is 2.39. The van der Waals surface area contributed by atoms with Crippen LogP contribution in [-0.4, -0.2) is 39.8 Å². The lowest BCUT2D eigenvalue weighted by atomic mass is 9.98. The summed E-state index contributed by atoms with van der Waals surface area (Å²) in [4.78, 5) is 28.6. The van der Waals surface area contributed by atoms with Crippen molar-refractivity contribution < 1.29 is 19.4 Å². The summed E-state index contributed by atoms with van der Waals surface area (Å²) in [7, 11) is 0. The molecule has 1 rings (SSSR count). The van der Waals surface area contributed by atoms with E-state index in [-0.39, 0.29) is 24.5 Å². The summed E-state index contributed by atoms with van der Waals surface area (Å²) in [6.45, 7) is 5.05. The lowest BCUT2D eigenvalue weighted by molar-refractivity contribution is -0.162. The van der Waals surface area contributed by atoms with Gasteiger partial charge in [0, 0.05) is 11.1 Å². The highest BCUT2D eigenvalue weighted by Crippen LogP contribution is 2.24. The molecule has 1 aromatic heterocycles. The predicted molar refractivity (Wildman–Crippen MR) is 76.8 cm³/mol. The Labute approximate surface area is 122 Å². The van der Waals surface area contributed by atoms with Crippen molar-refractivity contribution in [3.8, 4) is 0 Å². The Bertz CT molecular complexity index is 488. The zero-order chi connectivity index (χ0) is 15.2. The van der Waals surface area contributed by atoms with Gasteiger partial charge in [-0.25, -0.2) is 4.79 Å². The molecule has 0 aliphatic heterocycles. The van der Waals surface area contributed by atoms with Gasteiger partial charge in [-0.1, -0.05) is 6.92 Å². The van der Waals surface area contributed by atoms with Crippen molar-refractivity contribution in [1.29, 1.82) is 0 Å². The van der Waals surface area contributed by atoms with Crippen molar-refractivity contribution in [2.75, 3.05) is 12.4 Å². The van der Waals surface area contributed by atoms with Crippen molar-refractivity contribution >= 4 is 23.5 Å². The SMILES string of the molecule is CCOC(=O)C(C)(O)CC(=O)c1ncccc1SCC. The van der Waals surface area contributed by atoms with E-state index in [1.165, 1.54) is 24.9 Å². The van der Waals surface area contributed by atoms with E-state index >= 15 is 0 Å². The Balaban J connectivity index is 2.88. The molecule has 0 fully saturated rings. The number of rotatable bonds is 7. The Morgan fingerprint density at radius 2 is 2.15 bits per heavy atom. The van der Waals surface area contributed by atoms with Crippen LogP contribution in [-0.2, 0) is 9.53 Å². The van der Waals surface area contributed by atoms with Gasteiger partial charge in [0.25, 0.3) is 0 Å². The number of Topliss-reactive ketones (excluding diaryl/α,β-unsaturated/α-hetero) is 1. The van der Waals surface area contributed by atoms with E-state index in [2.05, 4.69) is 4.98 Å². The first kappa shape index (κ1) is 16.7. The van der Waals surface area contributed by atoms with Gasteiger partial charge in [-0.3, -0.25) is 9.78 Å². The Hall–Kier alpha value is -1.40. The molecule has 0 saturated heterocycles. The highest BCUT2D eigenvalue weighted by molar-refractivity contribution is 7.99. The van der Waals surface area contributed by atoms with Gasteiger partial charge in [0.15, 0.2) is 11.4 Å². The zero-order valence-electron chi connectivity index (χ0n) is 11.9. The van der Waals surface area contributed by atoms with Crippen LogP contribution >= 0.6 is 11.8 Å². The molecule has 1 heterocycles. The minimum Gasteiger partial charge on any atom is -0.464 e. The molecule has 5 nitrogen and oxygen atoms in total. The molecule has 0 amide bonds. The maximum atomic E-state index is 12.2. The second kappa shape index (κ2) is 7.40. The highest BCUT2D eigenvalue weighted by atomic mass is 32.2. The molecule has 20 heavy (non-hydrogen) atoms. The molecule has 0 aromatic carbocycles. The third kappa shape index (κ3) is 4.31. The van der Waals surface area contributed by atoms with E-state index in [1.54, 1.807) is 19.1 Å². The van der Waals surface area contributed by atoms with Gasteiger partial charge in [0.05, 0.1) is 13.0 Å². The van der Waals surface area contributed by atoms with Gasteiger partial charge < -0.3 is 9.84 Å². The van der Waals surface area contributed by atoms with Crippen LogP contribution in [0.2, 0.25) is 0 Å². The van der Waals surface area contributed by atoms with Crippen LogP contribution in [0.3, 0.4) is 0 Å². The van der Waals surface area contributed by atoms with Gasteiger partial charge in [-0.15, -0.1) is 11.8 Å². The molecule has 110 valence electrons. The molecular formula is C14H19NO4S. The summed E-state index contributed by atoms with van der Waals surface area (Å²) in [5.74, 6) is -0.367. The van der Waals surface area contributed by atoms with Gasteiger partial charge in [-0.05, 0) is 31.7 Å². The van der Waals surface area contributed by atoms with Gasteiger partial charge >= 0.3 is 5.97 Å². The summed E-state index contributed by atoms with van der Waals surface area (Å²) in [6.07, 6.45) is 1.17. The average molecular weight is 297 g/mol. The van der Waals surface area contributed by atoms with E-state index in [0.717, 1.165) is 10.6 Å². The number of aromatic nitrogens is 1. The van der Waals surface area contributed by atoms with E-state index in [0.29, 0.717) is 0 Å². The Morgan fingerprint density at radius 1 is 1.45 bits per heavy atom. The molecule has 1 atom stereocenters. The molecule has 0 radical (unpaired) electrons. The number of ketones is 1. The summed E-state index contributed by atoms with van der Waals surface area (Å²) in [5.41, 5.74) is -1.55. The molecule has 0 aliphatic rings. The van der Waals surface area contributed by atoms with E-state index in [9.17, 15) is 14.7 Å². The molecule has 1 aromatic rings. The normalized spacial score (nSPS) is 13.6. The number of esters is 1. The molecular weight excluding hydrogens is 278 g/mol. The van der Waals surface area contributed by atoms with Crippen LogP contribution < -0.4 is 0 Å². The largest absolute Gasteiger partial charge is 0.464 e. The lowest BCUT2D eigenvalue weighted by Crippen LogP contribution is -2.39. The van der Waals surface area contributed by atoms with Crippen LogP contribution in [0.1, 0.15) is 37.7 Å². The fourth-order valence-corrected chi connectivity index (χ4v) is 2.42. The molecule has 1 N–H and O–H groups in total. The number of hydrogen-bond acceptors (Lipinski definition) is 6. The minimum absolute atomic E-state index is 0.156. The number of aliphatic hydroxyl groups is 1. The number of carbonyl (C=O) groups is 2. The standard InChI is InChI=1S/C14H19NO4S/c1-4-19-13(17)14(3,18)9-10(16)12-11(20-5-2)7-6-8-15-12/h6-8,18H,4-5,9H2,1-3H3. The lowest BCUT2D eigenvalue weighted by Gasteiger charge is -2.20. The third-order valence-electron chi connectivity index (χ3n) is 2.55. The van der Waals surface area contributed by atoms with Crippen LogP contribution in [0.4, 0.5) is 0 Å². The number of carbonyl (C=O) groups excluding carboxylic acids is 2. The molecule has 0 bridgehead atoms. The minimum atomic E-state index is -1.83. The van der Waals surface area contributed by atoms with E-state index in [4.69, 9.17) is 4.74 Å².